The first-order chi connectivity index (χ1) is 10.6. The van der Waals surface area contributed by atoms with Gasteiger partial charge in [-0.1, -0.05) is 24.3 Å². The zero-order valence-electron chi connectivity index (χ0n) is 11.5. The molecule has 6 heteroatoms. The van der Waals surface area contributed by atoms with E-state index in [1.165, 1.54) is 24.3 Å². The van der Waals surface area contributed by atoms with Gasteiger partial charge in [0, 0.05) is 12.2 Å². The van der Waals surface area contributed by atoms with Crippen LogP contribution in [0.3, 0.4) is 0 Å². The molecule has 0 atom stereocenters. The number of anilines is 2. The molecule has 0 bridgehead atoms. The molecular weight excluding hydrogens is 284 g/mol. The van der Waals surface area contributed by atoms with E-state index in [0.29, 0.717) is 0 Å². The van der Waals surface area contributed by atoms with Crippen LogP contribution in [0.25, 0.3) is 0 Å². The zero-order chi connectivity index (χ0) is 15.9. The molecule has 2 aromatic rings. The highest BCUT2D eigenvalue weighted by atomic mass is 16.3. The minimum absolute atomic E-state index is 0.0668. The molecule has 22 heavy (non-hydrogen) atoms. The molecule has 112 valence electrons. The number of aromatic hydroxyl groups is 2. The average Bonchev–Trinajstić information content (AvgIpc) is 2.50. The summed E-state index contributed by atoms with van der Waals surface area (Å²) < 4.78 is 0. The second-order valence-electron chi connectivity index (χ2n) is 4.35. The van der Waals surface area contributed by atoms with Crippen LogP contribution in [0.1, 0.15) is 0 Å². The monoisotopic (exact) mass is 298 g/mol. The van der Waals surface area contributed by atoms with E-state index in [2.05, 4.69) is 10.6 Å². The summed E-state index contributed by atoms with van der Waals surface area (Å²) in [5.74, 6) is -1.26. The van der Waals surface area contributed by atoms with Gasteiger partial charge in [0.15, 0.2) is 0 Å². The van der Waals surface area contributed by atoms with Crippen molar-refractivity contribution in [3.63, 3.8) is 0 Å². The third kappa shape index (κ3) is 4.11. The lowest BCUT2D eigenvalue weighted by Gasteiger charge is -2.05. The van der Waals surface area contributed by atoms with Crippen LogP contribution < -0.4 is 10.6 Å². The molecule has 0 fully saturated rings. The molecule has 0 saturated carbocycles. The summed E-state index contributed by atoms with van der Waals surface area (Å²) in [4.78, 5) is 23.3. The molecule has 6 nitrogen and oxygen atoms in total. The van der Waals surface area contributed by atoms with E-state index in [9.17, 15) is 19.8 Å². The van der Waals surface area contributed by atoms with Gasteiger partial charge < -0.3 is 20.8 Å². The molecular formula is C16H14N2O4. The lowest BCUT2D eigenvalue weighted by atomic mass is 10.3. The first-order valence-electron chi connectivity index (χ1n) is 6.42. The fourth-order valence-electron chi connectivity index (χ4n) is 1.66. The van der Waals surface area contributed by atoms with Crippen molar-refractivity contribution in [3.05, 3.63) is 60.7 Å². The number of amides is 2. The third-order valence-electron chi connectivity index (χ3n) is 2.71. The van der Waals surface area contributed by atoms with Crippen LogP contribution in [0.2, 0.25) is 0 Å². The Hall–Kier alpha value is -3.28. The van der Waals surface area contributed by atoms with Crippen molar-refractivity contribution in [3.8, 4) is 11.5 Å². The number of carbonyl (C=O) groups is 2. The number of carbonyl (C=O) groups excluding carboxylic acids is 2. The van der Waals surface area contributed by atoms with Gasteiger partial charge in [0.2, 0.25) is 11.8 Å². The summed E-state index contributed by atoms with van der Waals surface area (Å²) in [5.41, 5.74) is 0.497. The number of rotatable bonds is 4. The second-order valence-corrected chi connectivity index (χ2v) is 4.35. The lowest BCUT2D eigenvalue weighted by molar-refractivity contribution is -0.114. The number of para-hydroxylation sites is 4. The second kappa shape index (κ2) is 6.94. The Balaban J connectivity index is 1.94. The minimum atomic E-state index is -0.561. The van der Waals surface area contributed by atoms with Gasteiger partial charge in [-0.15, -0.1) is 0 Å². The van der Waals surface area contributed by atoms with Crippen LogP contribution in [0.5, 0.6) is 11.5 Å². The van der Waals surface area contributed by atoms with E-state index < -0.39 is 11.8 Å². The molecule has 0 radical (unpaired) electrons. The summed E-state index contributed by atoms with van der Waals surface area (Å²) in [6.45, 7) is 0. The third-order valence-corrected chi connectivity index (χ3v) is 2.71. The fraction of sp³-hybridized carbons (Fsp3) is 0. The molecule has 0 aliphatic carbocycles. The average molecular weight is 298 g/mol. The number of nitrogens with one attached hydrogen (secondary N) is 2. The predicted octanol–water partition coefficient (Wildman–Crippen LogP) is 2.23. The smallest absolute Gasteiger partial charge is 0.248 e. The summed E-state index contributed by atoms with van der Waals surface area (Å²) >= 11 is 0. The minimum Gasteiger partial charge on any atom is -0.506 e. The summed E-state index contributed by atoms with van der Waals surface area (Å²) in [6.07, 6.45) is 2.06. The maximum Gasteiger partial charge on any atom is 0.248 e. The first-order valence-corrected chi connectivity index (χ1v) is 6.42. The molecule has 0 spiro atoms. The Morgan fingerprint density at radius 1 is 0.727 bits per heavy atom. The fourth-order valence-corrected chi connectivity index (χ4v) is 1.66. The van der Waals surface area contributed by atoms with Crippen molar-refractivity contribution in [1.29, 1.82) is 0 Å². The standard InChI is InChI=1S/C16H14N2O4/c19-13-7-3-1-5-11(13)17-15(21)9-10-16(22)18-12-6-2-4-8-14(12)20/h1-10,19-20H,(H,17,21)(H,18,22)/b10-9-. The van der Waals surface area contributed by atoms with Crippen molar-refractivity contribution in [2.75, 3.05) is 10.6 Å². The number of phenolic OH excluding ortho intramolecular Hbond substituents is 2. The number of hydrogen-bond acceptors (Lipinski definition) is 4. The molecule has 4 N–H and O–H groups in total. The first kappa shape index (κ1) is 15.1. The quantitative estimate of drug-likeness (QED) is 0.514. The Labute approximate surface area is 126 Å². The van der Waals surface area contributed by atoms with E-state index in [1.807, 2.05) is 0 Å². The van der Waals surface area contributed by atoms with Crippen LogP contribution >= 0.6 is 0 Å². The molecule has 0 aliphatic rings. The van der Waals surface area contributed by atoms with Crippen molar-refractivity contribution >= 4 is 23.2 Å². The summed E-state index contributed by atoms with van der Waals surface area (Å²) in [7, 11) is 0. The molecule has 0 saturated heterocycles. The van der Waals surface area contributed by atoms with E-state index in [4.69, 9.17) is 0 Å². The highest BCUT2D eigenvalue weighted by Crippen LogP contribution is 2.22. The summed E-state index contributed by atoms with van der Waals surface area (Å²) in [5, 5.41) is 23.9. The topological polar surface area (TPSA) is 98.7 Å². The molecule has 2 aromatic carbocycles. The molecule has 2 amide bonds. The molecule has 0 unspecified atom stereocenters. The van der Waals surface area contributed by atoms with Gasteiger partial charge in [0.05, 0.1) is 11.4 Å². The van der Waals surface area contributed by atoms with Gasteiger partial charge in [-0.2, -0.15) is 0 Å². The maximum absolute atomic E-state index is 11.7. The van der Waals surface area contributed by atoms with Crippen molar-refractivity contribution in [2.45, 2.75) is 0 Å². The Kier molecular flexibility index (Phi) is 4.77. The number of phenols is 2. The van der Waals surface area contributed by atoms with E-state index in [1.54, 1.807) is 24.3 Å². The van der Waals surface area contributed by atoms with Crippen LogP contribution in [0.15, 0.2) is 60.7 Å². The van der Waals surface area contributed by atoms with Crippen molar-refractivity contribution in [2.24, 2.45) is 0 Å². The Bertz CT molecular complexity index is 664. The predicted molar refractivity (Wildman–Crippen MR) is 82.6 cm³/mol. The Morgan fingerprint density at radius 3 is 1.45 bits per heavy atom. The molecule has 0 aromatic heterocycles. The summed E-state index contributed by atoms with van der Waals surface area (Å²) in [6, 6.07) is 12.5. The zero-order valence-corrected chi connectivity index (χ0v) is 11.5. The Morgan fingerprint density at radius 2 is 1.09 bits per heavy atom. The van der Waals surface area contributed by atoms with Gasteiger partial charge >= 0.3 is 0 Å². The highest BCUT2D eigenvalue weighted by Gasteiger charge is 2.05. The SMILES string of the molecule is O=C(/C=C\C(=O)Nc1ccccc1O)Nc1ccccc1O. The lowest BCUT2D eigenvalue weighted by Crippen LogP contribution is -2.12. The van der Waals surface area contributed by atoms with Gasteiger partial charge in [-0.05, 0) is 24.3 Å². The number of benzene rings is 2. The van der Waals surface area contributed by atoms with Crippen LogP contribution in [0.4, 0.5) is 11.4 Å². The molecule has 0 aliphatic heterocycles. The van der Waals surface area contributed by atoms with E-state index in [-0.39, 0.29) is 22.9 Å². The van der Waals surface area contributed by atoms with Gasteiger partial charge in [-0.3, -0.25) is 9.59 Å². The van der Waals surface area contributed by atoms with Crippen molar-refractivity contribution < 1.29 is 19.8 Å². The largest absolute Gasteiger partial charge is 0.506 e. The van der Waals surface area contributed by atoms with E-state index in [0.717, 1.165) is 12.2 Å². The van der Waals surface area contributed by atoms with Crippen molar-refractivity contribution in [1.82, 2.24) is 0 Å². The van der Waals surface area contributed by atoms with Crippen LogP contribution in [-0.4, -0.2) is 22.0 Å². The van der Waals surface area contributed by atoms with Gasteiger partial charge in [0.25, 0.3) is 0 Å². The van der Waals surface area contributed by atoms with Gasteiger partial charge in [0.1, 0.15) is 11.5 Å². The molecule has 2 rings (SSSR count). The maximum atomic E-state index is 11.7. The van der Waals surface area contributed by atoms with Gasteiger partial charge in [-0.25, -0.2) is 0 Å². The normalized spacial score (nSPS) is 10.4. The molecule has 0 heterocycles. The van der Waals surface area contributed by atoms with E-state index >= 15 is 0 Å². The van der Waals surface area contributed by atoms with Crippen LogP contribution in [-0.2, 0) is 9.59 Å². The number of hydrogen-bond donors (Lipinski definition) is 4. The highest BCUT2D eigenvalue weighted by molar-refractivity contribution is 6.07. The van der Waals surface area contributed by atoms with Crippen LogP contribution in [0, 0.1) is 0 Å².